The second-order valence-electron chi connectivity index (χ2n) is 8.34. The average Bonchev–Trinajstić information content (AvgIpc) is 2.95. The lowest BCUT2D eigenvalue weighted by molar-refractivity contribution is -0.142. The average molecular weight is 401 g/mol. The maximum atomic E-state index is 12.8. The second kappa shape index (κ2) is 7.31. The fourth-order valence-corrected chi connectivity index (χ4v) is 3.66. The molecule has 0 aromatic heterocycles. The van der Waals surface area contributed by atoms with Gasteiger partial charge in [0.1, 0.15) is 12.1 Å². The number of imide groups is 1. The number of nitrogens with one attached hydrogen (secondary N) is 2. The van der Waals surface area contributed by atoms with Gasteiger partial charge in [0.25, 0.3) is 11.8 Å². The van der Waals surface area contributed by atoms with Gasteiger partial charge in [-0.1, -0.05) is 26.8 Å². The first-order chi connectivity index (χ1) is 13.5. The third-order valence-corrected chi connectivity index (χ3v) is 5.22. The van der Waals surface area contributed by atoms with Gasteiger partial charge in [-0.05, 0) is 29.5 Å². The van der Waals surface area contributed by atoms with Crippen LogP contribution >= 0.6 is 0 Å². The molecule has 0 spiro atoms. The van der Waals surface area contributed by atoms with Gasteiger partial charge >= 0.3 is 5.97 Å². The van der Waals surface area contributed by atoms with Crippen molar-refractivity contribution >= 4 is 29.6 Å². The van der Waals surface area contributed by atoms with E-state index in [0.717, 1.165) is 0 Å². The number of nitrogens with zero attached hydrogens (tertiary/aromatic N) is 1. The van der Waals surface area contributed by atoms with Gasteiger partial charge in [0.2, 0.25) is 11.8 Å². The topological polar surface area (TPSA) is 133 Å². The van der Waals surface area contributed by atoms with E-state index >= 15 is 0 Å². The Balaban J connectivity index is 1.87. The number of hydrogen-bond acceptors (Lipinski definition) is 5. The van der Waals surface area contributed by atoms with Crippen molar-refractivity contribution in [2.45, 2.75) is 52.2 Å². The molecular weight excluding hydrogens is 378 g/mol. The number of benzene rings is 1. The monoisotopic (exact) mass is 401 g/mol. The Morgan fingerprint density at radius 3 is 2.52 bits per heavy atom. The highest BCUT2D eigenvalue weighted by atomic mass is 16.4. The van der Waals surface area contributed by atoms with Crippen molar-refractivity contribution in [1.29, 1.82) is 0 Å². The van der Waals surface area contributed by atoms with Crippen LogP contribution in [0, 0.1) is 5.41 Å². The molecule has 2 heterocycles. The summed E-state index contributed by atoms with van der Waals surface area (Å²) >= 11 is 0. The van der Waals surface area contributed by atoms with E-state index in [1.54, 1.807) is 32.9 Å². The quantitative estimate of drug-likeness (QED) is 0.636. The number of carboxylic acids is 1. The number of aliphatic carboxylic acids is 1. The van der Waals surface area contributed by atoms with Crippen molar-refractivity contribution in [1.82, 2.24) is 15.5 Å². The first-order valence-electron chi connectivity index (χ1n) is 9.31. The van der Waals surface area contributed by atoms with E-state index in [1.807, 2.05) is 0 Å². The second-order valence-corrected chi connectivity index (χ2v) is 8.34. The highest BCUT2D eigenvalue weighted by Gasteiger charge is 2.41. The van der Waals surface area contributed by atoms with E-state index in [1.165, 1.54) is 11.0 Å². The van der Waals surface area contributed by atoms with Gasteiger partial charge in [-0.2, -0.15) is 0 Å². The number of carbonyl (C=O) groups excluding carboxylic acids is 4. The smallest absolute Gasteiger partial charge is 0.326 e. The molecule has 0 radical (unpaired) electrons. The third kappa shape index (κ3) is 3.85. The zero-order chi connectivity index (χ0) is 21.5. The van der Waals surface area contributed by atoms with Gasteiger partial charge in [0.05, 0.1) is 0 Å². The number of piperidine rings is 1. The lowest BCUT2D eigenvalue weighted by Crippen LogP contribution is -2.52. The Bertz CT molecular complexity index is 917. The summed E-state index contributed by atoms with van der Waals surface area (Å²) in [5, 5.41) is 14.2. The summed E-state index contributed by atoms with van der Waals surface area (Å²) in [5.74, 6) is -3.05. The van der Waals surface area contributed by atoms with Crippen molar-refractivity contribution in [2.24, 2.45) is 5.41 Å². The van der Waals surface area contributed by atoms with E-state index in [-0.39, 0.29) is 30.9 Å². The SMILES string of the molecule is CC(C)(C)[C@@H](NC(=O)c1cccc2c1CN(C1CCC(=O)NC1=O)C2=O)C(=O)O. The summed E-state index contributed by atoms with van der Waals surface area (Å²) in [6, 6.07) is 2.74. The number of rotatable bonds is 4. The minimum absolute atomic E-state index is 0.0390. The van der Waals surface area contributed by atoms with Crippen LogP contribution in [0.1, 0.15) is 59.9 Å². The van der Waals surface area contributed by atoms with Crippen molar-refractivity contribution < 1.29 is 29.1 Å². The zero-order valence-corrected chi connectivity index (χ0v) is 16.4. The van der Waals surface area contributed by atoms with E-state index in [9.17, 15) is 29.1 Å². The van der Waals surface area contributed by atoms with Crippen molar-refractivity contribution in [3.05, 3.63) is 34.9 Å². The number of carboxylic acid groups (broad SMARTS) is 1. The molecule has 154 valence electrons. The highest BCUT2D eigenvalue weighted by Crippen LogP contribution is 2.30. The Morgan fingerprint density at radius 1 is 1.24 bits per heavy atom. The molecule has 1 fully saturated rings. The molecule has 1 saturated heterocycles. The van der Waals surface area contributed by atoms with Gasteiger partial charge in [-0.25, -0.2) is 4.79 Å². The molecule has 2 atom stereocenters. The van der Waals surface area contributed by atoms with Crippen LogP contribution in [0.5, 0.6) is 0 Å². The van der Waals surface area contributed by atoms with Crippen LogP contribution in [-0.4, -0.2) is 51.7 Å². The van der Waals surface area contributed by atoms with Crippen molar-refractivity contribution in [2.75, 3.05) is 0 Å². The van der Waals surface area contributed by atoms with Crippen LogP contribution in [-0.2, 0) is 20.9 Å². The fourth-order valence-electron chi connectivity index (χ4n) is 3.66. The van der Waals surface area contributed by atoms with E-state index in [2.05, 4.69) is 10.6 Å². The van der Waals surface area contributed by atoms with Gasteiger partial charge in [-0.3, -0.25) is 24.5 Å². The first kappa shape index (κ1) is 20.5. The van der Waals surface area contributed by atoms with E-state index < -0.39 is 41.2 Å². The molecule has 9 heteroatoms. The summed E-state index contributed by atoms with van der Waals surface area (Å²) < 4.78 is 0. The van der Waals surface area contributed by atoms with Crippen LogP contribution in [0.25, 0.3) is 0 Å². The standard InChI is InChI=1S/C20H23N3O6/c1-20(2,3)15(19(28)29)22-16(25)10-5-4-6-11-12(10)9-23(18(11)27)13-7-8-14(24)21-17(13)26/h4-6,13,15H,7-9H2,1-3H3,(H,22,25)(H,28,29)(H,21,24,26)/t13?,15-/m0/s1. The minimum Gasteiger partial charge on any atom is -0.480 e. The normalized spacial score (nSPS) is 20.2. The Labute approximate surface area is 167 Å². The fraction of sp³-hybridized carbons (Fsp3) is 0.450. The number of amides is 4. The lowest BCUT2D eigenvalue weighted by Gasteiger charge is -2.29. The maximum absolute atomic E-state index is 12.8. The summed E-state index contributed by atoms with van der Waals surface area (Å²) in [6.45, 7) is 5.15. The van der Waals surface area contributed by atoms with Crippen LogP contribution in [0.2, 0.25) is 0 Å². The van der Waals surface area contributed by atoms with Crippen molar-refractivity contribution in [3.63, 3.8) is 0 Å². The Morgan fingerprint density at radius 2 is 1.93 bits per heavy atom. The molecule has 1 unspecified atom stereocenters. The molecule has 1 aromatic carbocycles. The number of fused-ring (bicyclic) bond motifs is 1. The molecule has 3 N–H and O–H groups in total. The Kier molecular flexibility index (Phi) is 5.16. The van der Waals surface area contributed by atoms with E-state index in [4.69, 9.17) is 0 Å². The van der Waals surface area contributed by atoms with Crippen LogP contribution in [0.3, 0.4) is 0 Å². The minimum atomic E-state index is -1.15. The van der Waals surface area contributed by atoms with E-state index in [0.29, 0.717) is 11.1 Å². The molecule has 0 aliphatic carbocycles. The molecule has 1 aromatic rings. The molecule has 2 aliphatic heterocycles. The Hall–Kier alpha value is -3.23. The van der Waals surface area contributed by atoms with Gasteiger partial charge in [-0.15, -0.1) is 0 Å². The third-order valence-electron chi connectivity index (χ3n) is 5.22. The molecule has 0 bridgehead atoms. The summed E-state index contributed by atoms with van der Waals surface area (Å²) in [4.78, 5) is 62.1. The lowest BCUT2D eigenvalue weighted by atomic mass is 9.86. The van der Waals surface area contributed by atoms with Crippen LogP contribution in [0.4, 0.5) is 0 Å². The molecular formula is C20H23N3O6. The largest absolute Gasteiger partial charge is 0.480 e. The molecule has 0 saturated carbocycles. The highest BCUT2D eigenvalue weighted by molar-refractivity contribution is 6.08. The number of carbonyl (C=O) groups is 5. The van der Waals surface area contributed by atoms with Crippen LogP contribution < -0.4 is 10.6 Å². The molecule has 3 rings (SSSR count). The molecule has 29 heavy (non-hydrogen) atoms. The molecule has 2 aliphatic rings. The summed E-state index contributed by atoms with van der Waals surface area (Å²) in [5.41, 5.74) is 0.220. The summed E-state index contributed by atoms with van der Waals surface area (Å²) in [6.07, 6.45) is 0.354. The van der Waals surface area contributed by atoms with Gasteiger partial charge < -0.3 is 15.3 Å². The summed E-state index contributed by atoms with van der Waals surface area (Å²) in [7, 11) is 0. The predicted molar refractivity (Wildman–Crippen MR) is 101 cm³/mol. The molecule has 9 nitrogen and oxygen atoms in total. The van der Waals surface area contributed by atoms with Crippen molar-refractivity contribution in [3.8, 4) is 0 Å². The number of hydrogen-bond donors (Lipinski definition) is 3. The maximum Gasteiger partial charge on any atom is 0.326 e. The van der Waals surface area contributed by atoms with Gasteiger partial charge in [0.15, 0.2) is 0 Å². The first-order valence-corrected chi connectivity index (χ1v) is 9.31. The van der Waals surface area contributed by atoms with Crippen LogP contribution in [0.15, 0.2) is 18.2 Å². The zero-order valence-electron chi connectivity index (χ0n) is 16.4. The molecule has 4 amide bonds. The van der Waals surface area contributed by atoms with Gasteiger partial charge in [0, 0.05) is 24.1 Å². The predicted octanol–water partition coefficient (Wildman–Crippen LogP) is 0.677.